The fourth-order valence-corrected chi connectivity index (χ4v) is 4.85. The van der Waals surface area contributed by atoms with Gasteiger partial charge in [0.25, 0.3) is 5.97 Å². The van der Waals surface area contributed by atoms with Crippen molar-refractivity contribution in [3.05, 3.63) is 11.1 Å². The van der Waals surface area contributed by atoms with E-state index in [4.69, 9.17) is 20.2 Å². The summed E-state index contributed by atoms with van der Waals surface area (Å²) in [6.07, 6.45) is -0.550. The number of ketones is 4. The number of carbonyl (C=O) groups excluding carboxylic acids is 6. The maximum Gasteiger partial charge on any atom is 0.400 e. The average Bonchev–Trinajstić information content (AvgIpc) is 2.72. The van der Waals surface area contributed by atoms with Crippen LogP contribution in [0.4, 0.5) is 0 Å². The lowest BCUT2D eigenvalue weighted by atomic mass is 9.86. The van der Waals surface area contributed by atoms with Crippen molar-refractivity contribution in [3.63, 3.8) is 0 Å². The zero-order valence-electron chi connectivity index (χ0n) is 18.4. The van der Waals surface area contributed by atoms with Gasteiger partial charge in [0.05, 0.1) is 18.4 Å². The molecule has 0 unspecified atom stereocenters. The normalized spacial score (nSPS) is 21.8. The molecule has 33 heavy (non-hydrogen) atoms. The van der Waals surface area contributed by atoms with E-state index in [9.17, 15) is 28.8 Å². The van der Waals surface area contributed by atoms with Crippen molar-refractivity contribution in [2.75, 3.05) is 6.61 Å². The Morgan fingerprint density at radius 1 is 0.879 bits per heavy atom. The first-order valence-electron chi connectivity index (χ1n) is 10.4. The van der Waals surface area contributed by atoms with Crippen LogP contribution in [0.15, 0.2) is 0 Å². The maximum absolute atomic E-state index is 12.2. The van der Waals surface area contributed by atoms with Crippen molar-refractivity contribution in [1.29, 1.82) is 0 Å². The van der Waals surface area contributed by atoms with E-state index < -0.39 is 68.1 Å². The van der Waals surface area contributed by atoms with Crippen LogP contribution >= 0.6 is 0 Å². The molecule has 0 spiro atoms. The van der Waals surface area contributed by atoms with Crippen molar-refractivity contribution in [2.24, 2.45) is 17.3 Å². The first kappa shape index (κ1) is 25.9. The minimum absolute atomic E-state index is 0.0446. The molecule has 0 aliphatic heterocycles. The van der Waals surface area contributed by atoms with Gasteiger partial charge in [-0.15, -0.1) is 0 Å². The smallest absolute Gasteiger partial charge is 0.400 e. The Labute approximate surface area is 191 Å². The molecule has 0 bridgehead atoms. The summed E-state index contributed by atoms with van der Waals surface area (Å²) in [6.45, 7) is 3.84. The first-order valence-corrected chi connectivity index (χ1v) is 12.0. The zero-order valence-corrected chi connectivity index (χ0v) is 19.8. The van der Waals surface area contributed by atoms with Crippen LogP contribution in [0.25, 0.3) is 11.1 Å². The van der Waals surface area contributed by atoms with Crippen molar-refractivity contribution in [1.82, 2.24) is 0 Å². The predicted molar refractivity (Wildman–Crippen MR) is 112 cm³/mol. The number of hydrogen-bond donors (Lipinski definition) is 0. The fraction of sp³-hybridized carbons (Fsp3) is 0.600. The third kappa shape index (κ3) is 6.79. The number of hydrogen-bond acceptors (Lipinski definition) is 8. The first-order chi connectivity index (χ1) is 15.5. The molecule has 0 heterocycles. The van der Waals surface area contributed by atoms with Crippen LogP contribution in [0.1, 0.15) is 46.0 Å². The standard InChI is InChI=1S/C20H24N4O8Si/c1-20(2,3-4-31-18(29)10-5-12(25)16(23-21)13(26)6-10)9-33-32-19(30)11-7-14(27)17(24-22)15(28)8-11/h10-11H,3-9,33H2,1-2H3. The summed E-state index contributed by atoms with van der Waals surface area (Å²) in [5, 5.41) is 0. The van der Waals surface area contributed by atoms with E-state index in [1.54, 1.807) is 0 Å². The molecule has 0 N–H and O–H groups in total. The van der Waals surface area contributed by atoms with Crippen LogP contribution in [-0.4, -0.2) is 72.4 Å². The molecule has 0 atom stereocenters. The SMILES string of the molecule is CC(C)(CCOC(=O)C1CC(=O)C(=[N+]=[N-])C(=O)C1)C[SiH2]OC(=O)C1CC(=O)C(=[N+]=[N-])C(=O)C1. The zero-order chi connectivity index (χ0) is 24.8. The molecule has 2 fully saturated rings. The number of nitrogens with zero attached hydrogens (tertiary/aromatic N) is 4. The van der Waals surface area contributed by atoms with Gasteiger partial charge in [-0.25, -0.2) is 0 Å². The Kier molecular flexibility index (Phi) is 8.58. The number of Topliss-reactive ketones (excluding diaryl/α,β-unsaturated/α-hetero) is 4. The number of rotatable bonds is 8. The van der Waals surface area contributed by atoms with Gasteiger partial charge in [0.2, 0.25) is 32.9 Å². The second-order valence-corrected chi connectivity index (χ2v) is 10.00. The van der Waals surface area contributed by atoms with E-state index in [-0.39, 0.29) is 37.7 Å². The lowest BCUT2D eigenvalue weighted by molar-refractivity contribution is -0.153. The molecule has 2 aliphatic carbocycles. The topological polar surface area (TPSA) is 194 Å². The van der Waals surface area contributed by atoms with E-state index in [1.165, 1.54) is 0 Å². The molecule has 0 amide bonds. The Morgan fingerprint density at radius 2 is 1.30 bits per heavy atom. The summed E-state index contributed by atoms with van der Waals surface area (Å²) in [5.41, 5.74) is 15.9. The molecule has 0 aromatic heterocycles. The Hall–Kier alpha value is -3.40. The van der Waals surface area contributed by atoms with Gasteiger partial charge >= 0.3 is 17.4 Å². The molecule has 0 saturated heterocycles. The molecular formula is C20H24N4O8Si. The van der Waals surface area contributed by atoms with Crippen LogP contribution in [0.2, 0.25) is 6.04 Å². The van der Waals surface area contributed by atoms with Gasteiger partial charge in [-0.1, -0.05) is 13.8 Å². The Balaban J connectivity index is 1.74. The summed E-state index contributed by atoms with van der Waals surface area (Å²) >= 11 is 0. The second-order valence-electron chi connectivity index (χ2n) is 8.80. The third-order valence-electron chi connectivity index (χ3n) is 5.70. The quantitative estimate of drug-likeness (QED) is 0.192. The highest BCUT2D eigenvalue weighted by molar-refractivity contribution is 6.65. The third-order valence-corrected chi connectivity index (χ3v) is 7.74. The minimum Gasteiger partial charge on any atom is -0.525 e. The molecule has 0 radical (unpaired) electrons. The van der Waals surface area contributed by atoms with E-state index in [0.717, 1.165) is 0 Å². The highest BCUT2D eigenvalue weighted by Crippen LogP contribution is 2.27. The summed E-state index contributed by atoms with van der Waals surface area (Å²) in [4.78, 5) is 76.6. The van der Waals surface area contributed by atoms with Crippen molar-refractivity contribution in [2.45, 2.75) is 52.0 Å². The number of esters is 1. The van der Waals surface area contributed by atoms with Gasteiger partial charge in [-0.3, -0.25) is 28.8 Å². The molecule has 13 heteroatoms. The maximum atomic E-state index is 12.2. The molecule has 12 nitrogen and oxygen atoms in total. The minimum atomic E-state index is -1.35. The summed E-state index contributed by atoms with van der Waals surface area (Å²) in [5.74, 6) is -5.89. The number of ether oxygens (including phenoxy) is 1. The molecule has 2 saturated carbocycles. The predicted octanol–water partition coefficient (Wildman–Crippen LogP) is -0.571. The van der Waals surface area contributed by atoms with E-state index in [2.05, 4.69) is 9.58 Å². The van der Waals surface area contributed by atoms with E-state index in [1.807, 2.05) is 13.8 Å². The second kappa shape index (κ2) is 11.0. The average molecular weight is 477 g/mol. The van der Waals surface area contributed by atoms with Gasteiger partial charge in [0.15, 0.2) is 0 Å². The number of carbonyl (C=O) groups is 6. The Morgan fingerprint density at radius 3 is 1.73 bits per heavy atom. The molecule has 2 aliphatic rings. The Bertz CT molecular complexity index is 890. The molecule has 0 aromatic rings. The van der Waals surface area contributed by atoms with Gasteiger partial charge < -0.3 is 20.2 Å². The largest absolute Gasteiger partial charge is 0.525 e. The monoisotopic (exact) mass is 476 g/mol. The summed E-state index contributed by atoms with van der Waals surface area (Å²) in [6, 6.07) is 0.547. The van der Waals surface area contributed by atoms with Gasteiger partial charge in [0.1, 0.15) is 0 Å². The van der Waals surface area contributed by atoms with Crippen LogP contribution in [0, 0.1) is 17.3 Å². The van der Waals surface area contributed by atoms with E-state index >= 15 is 0 Å². The highest BCUT2D eigenvalue weighted by Gasteiger charge is 2.43. The van der Waals surface area contributed by atoms with Crippen LogP contribution in [-0.2, 0) is 37.9 Å². The summed E-state index contributed by atoms with van der Waals surface area (Å²) in [7, 11) is -1.35. The molecule has 2 rings (SSSR count). The van der Waals surface area contributed by atoms with Crippen molar-refractivity contribution >= 4 is 56.3 Å². The lowest BCUT2D eigenvalue weighted by Gasteiger charge is -2.25. The van der Waals surface area contributed by atoms with Gasteiger partial charge in [0, 0.05) is 25.7 Å². The van der Waals surface area contributed by atoms with Crippen molar-refractivity contribution in [3.8, 4) is 0 Å². The van der Waals surface area contributed by atoms with Crippen molar-refractivity contribution < 1.29 is 47.5 Å². The molecule has 0 aromatic carbocycles. The highest BCUT2D eigenvalue weighted by atomic mass is 28.2. The van der Waals surface area contributed by atoms with E-state index in [0.29, 0.717) is 12.5 Å². The molecule has 176 valence electrons. The van der Waals surface area contributed by atoms with Crippen LogP contribution < -0.4 is 0 Å². The van der Waals surface area contributed by atoms with Gasteiger partial charge in [-0.2, -0.15) is 9.58 Å². The molecular weight excluding hydrogens is 452 g/mol. The van der Waals surface area contributed by atoms with Crippen LogP contribution in [0.5, 0.6) is 0 Å². The van der Waals surface area contributed by atoms with Crippen LogP contribution in [0.3, 0.4) is 0 Å². The fourth-order valence-electron chi connectivity index (χ4n) is 3.51. The van der Waals surface area contributed by atoms with Gasteiger partial charge in [-0.05, 0) is 17.9 Å². The summed E-state index contributed by atoms with van der Waals surface area (Å²) < 4.78 is 10.5. The lowest BCUT2D eigenvalue weighted by Crippen LogP contribution is -2.38.